The summed E-state index contributed by atoms with van der Waals surface area (Å²) in [4.78, 5) is 42.3. The molecule has 1 unspecified atom stereocenters. The molecule has 3 heterocycles. The van der Waals surface area contributed by atoms with Crippen LogP contribution in [0.15, 0.2) is 0 Å². The molecular formula is C30H54N2O9. The lowest BCUT2D eigenvalue weighted by molar-refractivity contribution is -0.525. The Bertz CT molecular complexity index is 916. The van der Waals surface area contributed by atoms with E-state index in [1.165, 1.54) is 6.92 Å². The zero-order valence-electron chi connectivity index (χ0n) is 26.8. The van der Waals surface area contributed by atoms with Gasteiger partial charge in [0.1, 0.15) is 24.2 Å². The number of likely N-dealkylation sites (N-methyl/N-ethyl adjacent to an activating group) is 2. The van der Waals surface area contributed by atoms with Gasteiger partial charge in [0.05, 0.1) is 17.8 Å². The van der Waals surface area contributed by atoms with Crippen LogP contribution in [-0.4, -0.2) is 120 Å². The third kappa shape index (κ3) is 7.15. The van der Waals surface area contributed by atoms with E-state index in [1.807, 2.05) is 60.7 Å². The quantitative estimate of drug-likeness (QED) is 0.286. The second-order valence-electron chi connectivity index (χ2n) is 13.5. The molecule has 3 aliphatic rings. The molecular weight excluding hydrogens is 532 g/mol. The number of cyclic esters (lactones) is 1. The van der Waals surface area contributed by atoms with E-state index in [0.29, 0.717) is 25.8 Å². The largest absolute Gasteiger partial charge is 0.459 e. The number of hydrogen-bond donors (Lipinski definition) is 2. The molecule has 3 rings (SSSR count). The number of aliphatic hydroxyl groups excluding tert-OH is 1. The molecule has 0 aromatic carbocycles. The number of aliphatic hydroxyl groups is 2. The Kier molecular flexibility index (Phi) is 11.1. The predicted octanol–water partition coefficient (Wildman–Crippen LogP) is 2.16. The maximum Gasteiger partial charge on any atom is 0.316 e. The zero-order valence-corrected chi connectivity index (χ0v) is 26.8. The van der Waals surface area contributed by atoms with E-state index < -0.39 is 59.4 Å². The van der Waals surface area contributed by atoms with Gasteiger partial charge in [0.2, 0.25) is 0 Å². The highest BCUT2D eigenvalue weighted by Gasteiger charge is 2.58. The Morgan fingerprint density at radius 3 is 2.29 bits per heavy atom. The summed E-state index contributed by atoms with van der Waals surface area (Å²) in [6.45, 7) is 15.2. The van der Waals surface area contributed by atoms with E-state index in [0.717, 1.165) is 0 Å². The highest BCUT2D eigenvalue weighted by Crippen LogP contribution is 2.41. The highest BCUT2D eigenvalue weighted by molar-refractivity contribution is 6.00. The molecule has 238 valence electrons. The van der Waals surface area contributed by atoms with E-state index in [4.69, 9.17) is 24.0 Å². The summed E-state index contributed by atoms with van der Waals surface area (Å²) in [6.07, 6.45) is -2.91. The molecule has 3 fully saturated rings. The summed E-state index contributed by atoms with van der Waals surface area (Å²) < 4.78 is 18.3. The number of nitrogens with zero attached hydrogens (tertiary/aromatic N) is 2. The molecule has 41 heavy (non-hydrogen) atoms. The maximum absolute atomic E-state index is 13.8. The fourth-order valence-electron chi connectivity index (χ4n) is 6.94. The van der Waals surface area contributed by atoms with Crippen molar-refractivity contribution in [3.63, 3.8) is 0 Å². The van der Waals surface area contributed by atoms with Gasteiger partial charge in [0.15, 0.2) is 17.7 Å². The van der Waals surface area contributed by atoms with Gasteiger partial charge in [0, 0.05) is 24.5 Å². The van der Waals surface area contributed by atoms with Crippen LogP contribution in [0.4, 0.5) is 0 Å². The van der Waals surface area contributed by atoms with Crippen molar-refractivity contribution >= 4 is 11.8 Å². The fraction of sp³-hybridized carbons (Fsp3) is 0.933. The molecule has 3 saturated heterocycles. The minimum absolute atomic E-state index is 0.00819. The standard InChI is InChI=1S/C30H54N2O9/c1-12-22-30(8)26(40-41-30)20(6)32(11)15-16(2)14-29(7,36)25(18(4)23(33)19(5)27(35)38-22)39-28-24(34)21(31(9)10)13-17(3)37-28/h16-22,24-26,28,34,36H,12-15H2,1-11H3/t16-,17-,18+,19-,20-,21+,22-,24-,25-,26?,28+,29-,30-/m1/s1. The topological polar surface area (TPSA) is 127 Å². The molecule has 11 heteroatoms. The summed E-state index contributed by atoms with van der Waals surface area (Å²) in [5, 5.41) is 23.1. The number of ether oxygens (including phenoxy) is 3. The molecule has 0 radical (unpaired) electrons. The molecule has 11 nitrogen and oxygen atoms in total. The molecule has 0 aliphatic carbocycles. The van der Waals surface area contributed by atoms with Crippen LogP contribution in [0.1, 0.15) is 74.7 Å². The van der Waals surface area contributed by atoms with Crippen molar-refractivity contribution in [1.29, 1.82) is 0 Å². The monoisotopic (exact) mass is 586 g/mol. The van der Waals surface area contributed by atoms with Gasteiger partial charge in [-0.3, -0.25) is 9.59 Å². The van der Waals surface area contributed by atoms with Crippen molar-refractivity contribution in [3.8, 4) is 0 Å². The Morgan fingerprint density at radius 2 is 1.76 bits per heavy atom. The molecule has 2 N–H and O–H groups in total. The van der Waals surface area contributed by atoms with Gasteiger partial charge < -0.3 is 34.2 Å². The van der Waals surface area contributed by atoms with Gasteiger partial charge in [-0.15, -0.1) is 0 Å². The molecule has 0 saturated carbocycles. The smallest absolute Gasteiger partial charge is 0.316 e. The Hall–Kier alpha value is -1.18. The first-order valence-electron chi connectivity index (χ1n) is 15.1. The van der Waals surface area contributed by atoms with Crippen LogP contribution in [0.2, 0.25) is 0 Å². The highest BCUT2D eigenvalue weighted by atomic mass is 17.3. The van der Waals surface area contributed by atoms with Crippen molar-refractivity contribution in [3.05, 3.63) is 0 Å². The first kappa shape index (κ1) is 34.3. The molecule has 0 amide bonds. The summed E-state index contributed by atoms with van der Waals surface area (Å²) in [7, 11) is 5.75. The number of fused-ring (bicyclic) bond motifs is 1. The fourth-order valence-corrected chi connectivity index (χ4v) is 6.94. The Balaban J connectivity index is 1.98. The average molecular weight is 587 g/mol. The van der Waals surface area contributed by atoms with E-state index in [1.54, 1.807) is 13.8 Å². The minimum Gasteiger partial charge on any atom is -0.459 e. The van der Waals surface area contributed by atoms with Gasteiger partial charge in [-0.25, -0.2) is 9.78 Å². The number of rotatable bonds is 4. The molecule has 0 aromatic heterocycles. The predicted molar refractivity (Wildman–Crippen MR) is 152 cm³/mol. The van der Waals surface area contributed by atoms with Crippen LogP contribution in [0, 0.1) is 17.8 Å². The van der Waals surface area contributed by atoms with Crippen LogP contribution in [0.3, 0.4) is 0 Å². The van der Waals surface area contributed by atoms with Gasteiger partial charge >= 0.3 is 5.97 Å². The van der Waals surface area contributed by atoms with Crippen LogP contribution >= 0.6 is 0 Å². The number of Topliss-reactive ketones (excluding diaryl/α,β-unsaturated/α-hetero) is 1. The lowest BCUT2D eigenvalue weighted by atomic mass is 9.78. The maximum atomic E-state index is 13.8. The van der Waals surface area contributed by atoms with Crippen LogP contribution in [0.5, 0.6) is 0 Å². The first-order chi connectivity index (χ1) is 18.9. The lowest BCUT2D eigenvalue weighted by Crippen LogP contribution is -2.68. The van der Waals surface area contributed by atoms with Gasteiger partial charge in [0.25, 0.3) is 0 Å². The number of ketones is 1. The van der Waals surface area contributed by atoms with Crippen LogP contribution < -0.4 is 0 Å². The molecule has 0 aromatic rings. The number of carbonyl (C=O) groups excluding carboxylic acids is 2. The van der Waals surface area contributed by atoms with Crippen molar-refractivity contribution < 1.29 is 43.8 Å². The van der Waals surface area contributed by atoms with Crippen LogP contribution in [0.25, 0.3) is 0 Å². The van der Waals surface area contributed by atoms with E-state index in [2.05, 4.69) is 4.90 Å². The molecule has 0 spiro atoms. The second kappa shape index (κ2) is 13.2. The normalized spacial score (nSPS) is 47.6. The van der Waals surface area contributed by atoms with Crippen LogP contribution in [-0.2, 0) is 33.6 Å². The molecule has 3 aliphatic heterocycles. The Morgan fingerprint density at radius 1 is 1.12 bits per heavy atom. The molecule has 13 atom stereocenters. The summed E-state index contributed by atoms with van der Waals surface area (Å²) >= 11 is 0. The third-order valence-electron chi connectivity index (χ3n) is 9.51. The zero-order chi connectivity index (χ0) is 31.0. The molecule has 0 bridgehead atoms. The SMILES string of the molecule is CC[C@H]1OC(=O)[C@H](C)C(=O)[C@H](C)[C@@H](O[C@@H]2O[C@H](C)C[C@H](N(C)C)[C@H]2O)[C@](C)(O)C[C@@H](C)CN(C)[C@H](C)C2OO[C@@]21C. The number of carbonyl (C=O) groups is 2. The number of hydrogen-bond acceptors (Lipinski definition) is 11. The minimum atomic E-state index is -1.49. The number of esters is 1. The van der Waals surface area contributed by atoms with E-state index in [9.17, 15) is 19.8 Å². The van der Waals surface area contributed by atoms with Gasteiger partial charge in [-0.05, 0) is 80.9 Å². The summed E-state index contributed by atoms with van der Waals surface area (Å²) in [5.41, 5.74) is -2.36. The van der Waals surface area contributed by atoms with Crippen molar-refractivity contribution in [2.24, 2.45) is 17.8 Å². The lowest BCUT2D eigenvalue weighted by Gasteiger charge is -2.52. The average Bonchev–Trinajstić information content (AvgIpc) is 2.88. The van der Waals surface area contributed by atoms with E-state index in [-0.39, 0.29) is 30.2 Å². The van der Waals surface area contributed by atoms with Crippen molar-refractivity contribution in [2.45, 2.75) is 135 Å². The van der Waals surface area contributed by atoms with Crippen molar-refractivity contribution in [1.82, 2.24) is 9.80 Å². The van der Waals surface area contributed by atoms with Gasteiger partial charge in [-0.2, -0.15) is 0 Å². The van der Waals surface area contributed by atoms with Gasteiger partial charge in [-0.1, -0.05) is 20.8 Å². The first-order valence-corrected chi connectivity index (χ1v) is 15.1. The third-order valence-corrected chi connectivity index (χ3v) is 9.51. The summed E-state index contributed by atoms with van der Waals surface area (Å²) in [6, 6.07) is -0.309. The summed E-state index contributed by atoms with van der Waals surface area (Å²) in [5.74, 6) is -3.11. The Labute approximate surface area is 245 Å². The van der Waals surface area contributed by atoms with Crippen molar-refractivity contribution in [2.75, 3.05) is 27.7 Å². The second-order valence-corrected chi connectivity index (χ2v) is 13.5. The van der Waals surface area contributed by atoms with E-state index >= 15 is 0 Å².